The van der Waals surface area contributed by atoms with Crippen molar-refractivity contribution in [2.45, 2.75) is 6.04 Å². The Morgan fingerprint density at radius 1 is 1.47 bits per heavy atom. The van der Waals surface area contributed by atoms with Gasteiger partial charge in [0.25, 0.3) is 0 Å². The smallest absolute Gasteiger partial charge is 0.407 e. The number of amides is 2. The second-order valence-electron chi connectivity index (χ2n) is 4.43. The van der Waals surface area contributed by atoms with E-state index in [9.17, 15) is 14.0 Å². The van der Waals surface area contributed by atoms with E-state index in [0.29, 0.717) is 18.1 Å². The van der Waals surface area contributed by atoms with Gasteiger partial charge in [0.1, 0.15) is 6.04 Å². The Balaban J connectivity index is 1.96. The number of aromatic nitrogens is 1. The predicted octanol–water partition coefficient (Wildman–Crippen LogP) is 0.341. The third-order valence-corrected chi connectivity index (χ3v) is 3.32. The molecule has 0 unspecified atom stereocenters. The normalized spacial score (nSPS) is 21.5. The summed E-state index contributed by atoms with van der Waals surface area (Å²) in [7, 11) is 0. The maximum atomic E-state index is 13.2. The monoisotopic (exact) mass is 266 g/mol. The molecule has 0 spiro atoms. The molecule has 0 saturated carbocycles. The zero-order valence-corrected chi connectivity index (χ0v) is 9.84. The standard InChI is InChI=1S/C11H11FN4O3/c12-8-2-1-6-9(14-8)16-4-3-15(11(18)19)5-7(16)10(17)13-6/h1-2,7H,3-5H2,(H,13,17)(H,18,19)/t7-/m0/s1. The summed E-state index contributed by atoms with van der Waals surface area (Å²) >= 11 is 0. The van der Waals surface area contributed by atoms with Gasteiger partial charge in [0, 0.05) is 13.1 Å². The van der Waals surface area contributed by atoms with Crippen LogP contribution in [0.4, 0.5) is 20.7 Å². The van der Waals surface area contributed by atoms with Crippen LogP contribution in [0.25, 0.3) is 0 Å². The molecule has 2 aliphatic rings. The largest absolute Gasteiger partial charge is 0.465 e. The fourth-order valence-electron chi connectivity index (χ4n) is 2.39. The molecule has 1 atom stereocenters. The average Bonchev–Trinajstić information content (AvgIpc) is 2.39. The van der Waals surface area contributed by atoms with Gasteiger partial charge in [0.05, 0.1) is 12.2 Å². The first-order chi connectivity index (χ1) is 9.06. The van der Waals surface area contributed by atoms with Crippen molar-refractivity contribution < 1.29 is 19.1 Å². The Labute approximate surface area is 107 Å². The molecule has 2 N–H and O–H groups in total. The Bertz CT molecular complexity index is 565. The number of pyridine rings is 1. The highest BCUT2D eigenvalue weighted by molar-refractivity contribution is 6.03. The number of anilines is 2. The first kappa shape index (κ1) is 11.7. The van der Waals surface area contributed by atoms with Gasteiger partial charge in [-0.3, -0.25) is 4.79 Å². The minimum absolute atomic E-state index is 0.0544. The number of carbonyl (C=O) groups excluding carboxylic acids is 1. The van der Waals surface area contributed by atoms with E-state index in [2.05, 4.69) is 10.3 Å². The van der Waals surface area contributed by atoms with Crippen LogP contribution in [0.15, 0.2) is 12.1 Å². The number of hydrogen-bond acceptors (Lipinski definition) is 4. The molecule has 8 heteroatoms. The van der Waals surface area contributed by atoms with Crippen molar-refractivity contribution in [3.63, 3.8) is 0 Å². The van der Waals surface area contributed by atoms with Gasteiger partial charge in [-0.05, 0) is 12.1 Å². The summed E-state index contributed by atoms with van der Waals surface area (Å²) in [6.45, 7) is 0.628. The van der Waals surface area contributed by atoms with E-state index >= 15 is 0 Å². The van der Waals surface area contributed by atoms with Crippen LogP contribution in [-0.4, -0.2) is 52.7 Å². The van der Waals surface area contributed by atoms with Crippen LogP contribution in [0.1, 0.15) is 0 Å². The summed E-state index contributed by atoms with van der Waals surface area (Å²) in [5.74, 6) is -0.573. The molecule has 0 radical (unpaired) electrons. The average molecular weight is 266 g/mol. The van der Waals surface area contributed by atoms with Crippen LogP contribution < -0.4 is 10.2 Å². The molecule has 1 fully saturated rings. The lowest BCUT2D eigenvalue weighted by Crippen LogP contribution is -2.61. The molecule has 1 saturated heterocycles. The van der Waals surface area contributed by atoms with E-state index in [1.807, 2.05) is 0 Å². The molecule has 100 valence electrons. The molecular weight excluding hydrogens is 255 g/mol. The van der Waals surface area contributed by atoms with Crippen molar-refractivity contribution in [3.8, 4) is 0 Å². The van der Waals surface area contributed by atoms with Crippen molar-refractivity contribution in [1.29, 1.82) is 0 Å². The van der Waals surface area contributed by atoms with Gasteiger partial charge in [-0.15, -0.1) is 0 Å². The summed E-state index contributed by atoms with van der Waals surface area (Å²) < 4.78 is 13.2. The lowest BCUT2D eigenvalue weighted by molar-refractivity contribution is -0.118. The van der Waals surface area contributed by atoms with Crippen LogP contribution >= 0.6 is 0 Å². The fourth-order valence-corrected chi connectivity index (χ4v) is 2.39. The number of nitrogens with zero attached hydrogens (tertiary/aromatic N) is 3. The van der Waals surface area contributed by atoms with Crippen molar-refractivity contribution >= 4 is 23.5 Å². The highest BCUT2D eigenvalue weighted by Crippen LogP contribution is 2.31. The molecule has 1 aromatic rings. The van der Waals surface area contributed by atoms with Crippen molar-refractivity contribution in [1.82, 2.24) is 9.88 Å². The fraction of sp³-hybridized carbons (Fsp3) is 0.364. The first-order valence-electron chi connectivity index (χ1n) is 5.78. The van der Waals surface area contributed by atoms with Crippen LogP contribution in [0.3, 0.4) is 0 Å². The molecule has 3 heterocycles. The number of carbonyl (C=O) groups is 2. The minimum atomic E-state index is -1.06. The molecule has 2 aliphatic heterocycles. The van der Waals surface area contributed by atoms with Crippen LogP contribution in [0, 0.1) is 5.95 Å². The van der Waals surface area contributed by atoms with E-state index in [4.69, 9.17) is 5.11 Å². The van der Waals surface area contributed by atoms with E-state index in [0.717, 1.165) is 0 Å². The minimum Gasteiger partial charge on any atom is -0.465 e. The van der Waals surface area contributed by atoms with E-state index in [-0.39, 0.29) is 19.0 Å². The third kappa shape index (κ3) is 1.85. The predicted molar refractivity (Wildman–Crippen MR) is 63.6 cm³/mol. The third-order valence-electron chi connectivity index (χ3n) is 3.32. The number of hydrogen-bond donors (Lipinski definition) is 2. The van der Waals surface area contributed by atoms with Gasteiger partial charge in [-0.25, -0.2) is 9.78 Å². The Hall–Kier alpha value is -2.38. The van der Waals surface area contributed by atoms with Crippen LogP contribution in [0.2, 0.25) is 0 Å². The highest BCUT2D eigenvalue weighted by Gasteiger charge is 2.39. The van der Waals surface area contributed by atoms with Crippen molar-refractivity contribution in [3.05, 3.63) is 18.1 Å². The number of fused-ring (bicyclic) bond motifs is 3. The summed E-state index contributed by atoms with van der Waals surface area (Å²) in [6, 6.07) is 1.97. The van der Waals surface area contributed by atoms with Crippen LogP contribution in [-0.2, 0) is 4.79 Å². The van der Waals surface area contributed by atoms with Gasteiger partial charge in [0.15, 0.2) is 5.82 Å². The lowest BCUT2D eigenvalue weighted by atomic mass is 10.1. The number of rotatable bonds is 0. The van der Waals surface area contributed by atoms with E-state index in [1.54, 1.807) is 4.90 Å². The summed E-state index contributed by atoms with van der Waals surface area (Å²) in [4.78, 5) is 29.5. The van der Waals surface area contributed by atoms with E-state index in [1.165, 1.54) is 17.0 Å². The summed E-state index contributed by atoms with van der Waals surface area (Å²) in [5, 5.41) is 11.6. The Morgan fingerprint density at radius 3 is 3.00 bits per heavy atom. The molecule has 0 aliphatic carbocycles. The maximum Gasteiger partial charge on any atom is 0.407 e. The molecule has 2 amide bonds. The second kappa shape index (κ2) is 4.08. The zero-order valence-electron chi connectivity index (χ0n) is 9.84. The van der Waals surface area contributed by atoms with Gasteiger partial charge in [0.2, 0.25) is 11.9 Å². The van der Waals surface area contributed by atoms with Crippen molar-refractivity contribution in [2.24, 2.45) is 0 Å². The number of nitrogens with one attached hydrogen (secondary N) is 1. The quantitative estimate of drug-likeness (QED) is 0.661. The van der Waals surface area contributed by atoms with Gasteiger partial charge in [-0.2, -0.15) is 4.39 Å². The van der Waals surface area contributed by atoms with Crippen molar-refractivity contribution in [2.75, 3.05) is 29.9 Å². The first-order valence-corrected chi connectivity index (χ1v) is 5.78. The van der Waals surface area contributed by atoms with Gasteiger partial charge < -0.3 is 20.2 Å². The maximum absolute atomic E-state index is 13.2. The molecule has 1 aromatic heterocycles. The summed E-state index contributed by atoms with van der Waals surface area (Å²) in [6.07, 6.45) is -1.06. The number of halogens is 1. The topological polar surface area (TPSA) is 85.8 Å². The highest BCUT2D eigenvalue weighted by atomic mass is 19.1. The van der Waals surface area contributed by atoms with Crippen LogP contribution in [0.5, 0.6) is 0 Å². The zero-order chi connectivity index (χ0) is 13.6. The number of piperazine rings is 1. The molecule has 7 nitrogen and oxygen atoms in total. The molecule has 3 rings (SSSR count). The lowest BCUT2D eigenvalue weighted by Gasteiger charge is -2.43. The second-order valence-corrected chi connectivity index (χ2v) is 4.43. The molecular formula is C11H11FN4O3. The van der Waals surface area contributed by atoms with Gasteiger partial charge >= 0.3 is 6.09 Å². The number of carboxylic acid groups (broad SMARTS) is 1. The Morgan fingerprint density at radius 2 is 2.26 bits per heavy atom. The summed E-state index contributed by atoms with van der Waals surface area (Å²) in [5.41, 5.74) is 0.450. The molecule has 0 aromatic carbocycles. The molecule has 19 heavy (non-hydrogen) atoms. The Kier molecular flexibility index (Phi) is 2.51. The molecule has 0 bridgehead atoms. The van der Waals surface area contributed by atoms with E-state index < -0.39 is 18.1 Å². The SMILES string of the molecule is O=C1Nc2ccc(F)nc2N2CCN(C(=O)O)C[C@@H]12. The van der Waals surface area contributed by atoms with Gasteiger partial charge in [-0.1, -0.05) is 0 Å².